The Morgan fingerprint density at radius 1 is 0.774 bits per heavy atom. The van der Waals surface area contributed by atoms with Crippen molar-refractivity contribution in [2.45, 2.75) is 46.4 Å². The maximum atomic E-state index is 13.7. The minimum atomic E-state index is -3.40. The Bertz CT molecular complexity index is 1020. The number of hydrogen-bond donors (Lipinski definition) is 0. The van der Waals surface area contributed by atoms with Crippen LogP contribution in [0.2, 0.25) is 11.5 Å². The molecule has 0 aromatic heterocycles. The molecule has 0 saturated heterocycles. The number of rotatable bonds is 11. The van der Waals surface area contributed by atoms with Gasteiger partial charge in [0.15, 0.2) is 0 Å². The van der Waals surface area contributed by atoms with Crippen molar-refractivity contribution < 1.29 is 13.2 Å². The van der Waals surface area contributed by atoms with Gasteiger partial charge in [-0.15, -0.1) is 0 Å². The van der Waals surface area contributed by atoms with Crippen molar-refractivity contribution in [3.8, 4) is 0 Å². The number of benzene rings is 3. The van der Waals surface area contributed by atoms with Crippen LogP contribution in [-0.2, 0) is 21.2 Å². The van der Waals surface area contributed by atoms with Crippen molar-refractivity contribution in [2.24, 2.45) is 0 Å². The fourth-order valence-corrected chi connectivity index (χ4v) is 17.5. The summed E-state index contributed by atoms with van der Waals surface area (Å²) in [5.74, 6) is 4.46. The molecular formula is C26H32GeO3S. The van der Waals surface area contributed by atoms with Crippen LogP contribution in [0.5, 0.6) is 0 Å². The van der Waals surface area contributed by atoms with Gasteiger partial charge in [0.1, 0.15) is 0 Å². The first kappa shape index (κ1) is 23.8. The molecule has 0 radical (unpaired) electrons. The molecule has 3 aromatic rings. The van der Waals surface area contributed by atoms with Gasteiger partial charge < -0.3 is 0 Å². The average Bonchev–Trinajstić information content (AvgIpc) is 2.80. The quantitative estimate of drug-likeness (QED) is 0.264. The van der Waals surface area contributed by atoms with Crippen molar-refractivity contribution in [3.63, 3.8) is 0 Å². The van der Waals surface area contributed by atoms with Crippen LogP contribution < -0.4 is 4.40 Å². The molecule has 0 heterocycles. The minimum absolute atomic E-state index is 0.327. The second kappa shape index (κ2) is 11.1. The second-order valence-electron chi connectivity index (χ2n) is 8.47. The Kier molecular flexibility index (Phi) is 8.53. The summed E-state index contributed by atoms with van der Waals surface area (Å²) in [5, 5.41) is 0. The Morgan fingerprint density at radius 2 is 1.32 bits per heavy atom. The molecule has 164 valence electrons. The second-order valence-corrected chi connectivity index (χ2v) is 21.4. The standard InChI is InChI=1S/C26H32GeO3S/c1-27(2,24-16-8-4-9-17-24)26(31(28,29)25-18-10-5-11-19-25)20-12-13-21-30-22-23-14-6-3-7-15-23/h3-11,14-19,26H,12-13,20-22H2,1-2H3. The van der Waals surface area contributed by atoms with E-state index in [4.69, 9.17) is 4.74 Å². The van der Waals surface area contributed by atoms with Crippen LogP contribution in [0.4, 0.5) is 0 Å². The van der Waals surface area contributed by atoms with Gasteiger partial charge in [0.25, 0.3) is 0 Å². The normalized spacial score (nSPS) is 13.1. The van der Waals surface area contributed by atoms with E-state index in [-0.39, 0.29) is 4.08 Å². The maximum absolute atomic E-state index is 13.7. The van der Waals surface area contributed by atoms with Crippen LogP contribution in [0.15, 0.2) is 95.9 Å². The van der Waals surface area contributed by atoms with E-state index in [0.29, 0.717) is 24.5 Å². The number of unbranched alkanes of at least 4 members (excludes halogenated alkanes) is 1. The van der Waals surface area contributed by atoms with Gasteiger partial charge in [0.05, 0.1) is 0 Å². The zero-order valence-corrected chi connectivity index (χ0v) is 21.3. The summed E-state index contributed by atoms with van der Waals surface area (Å²) in [7, 11) is -3.40. The molecule has 0 fully saturated rings. The summed E-state index contributed by atoms with van der Waals surface area (Å²) in [6.45, 7) is 1.24. The zero-order chi connectivity index (χ0) is 22.2. The Hall–Kier alpha value is -1.89. The monoisotopic (exact) mass is 498 g/mol. The van der Waals surface area contributed by atoms with Gasteiger partial charge in [0.2, 0.25) is 0 Å². The van der Waals surface area contributed by atoms with Gasteiger partial charge >= 0.3 is 190 Å². The Morgan fingerprint density at radius 3 is 1.94 bits per heavy atom. The van der Waals surface area contributed by atoms with Gasteiger partial charge in [0, 0.05) is 0 Å². The van der Waals surface area contributed by atoms with E-state index in [1.165, 1.54) is 4.40 Å². The molecule has 5 heteroatoms. The first-order valence-electron chi connectivity index (χ1n) is 10.9. The van der Waals surface area contributed by atoms with E-state index in [1.807, 2.05) is 54.6 Å². The topological polar surface area (TPSA) is 43.4 Å². The zero-order valence-electron chi connectivity index (χ0n) is 18.4. The van der Waals surface area contributed by atoms with Crippen molar-refractivity contribution in [1.82, 2.24) is 0 Å². The summed E-state index contributed by atoms with van der Waals surface area (Å²) in [5.41, 5.74) is 1.16. The number of sulfone groups is 1. The third-order valence-corrected chi connectivity index (χ3v) is 20.6. The Labute approximate surface area is 189 Å². The molecular weight excluding hydrogens is 465 g/mol. The van der Waals surface area contributed by atoms with Gasteiger partial charge in [-0.1, -0.05) is 0 Å². The predicted molar refractivity (Wildman–Crippen MR) is 131 cm³/mol. The van der Waals surface area contributed by atoms with Crippen LogP contribution in [-0.4, -0.2) is 32.4 Å². The molecule has 0 saturated carbocycles. The van der Waals surface area contributed by atoms with Crippen LogP contribution in [0.25, 0.3) is 0 Å². The van der Waals surface area contributed by atoms with E-state index < -0.39 is 23.1 Å². The molecule has 3 rings (SSSR count). The van der Waals surface area contributed by atoms with E-state index >= 15 is 0 Å². The third kappa shape index (κ3) is 6.31. The van der Waals surface area contributed by atoms with Crippen molar-refractivity contribution >= 4 is 27.5 Å². The van der Waals surface area contributed by atoms with Crippen molar-refractivity contribution in [3.05, 3.63) is 96.6 Å². The summed E-state index contributed by atoms with van der Waals surface area (Å²) in [4.78, 5) is 0.440. The summed E-state index contributed by atoms with van der Waals surface area (Å²) < 4.78 is 34.1. The molecule has 0 spiro atoms. The van der Waals surface area contributed by atoms with Gasteiger partial charge in [-0.3, -0.25) is 0 Å². The molecule has 0 bridgehead atoms. The summed E-state index contributed by atoms with van der Waals surface area (Å²) in [6.07, 6.45) is 2.38. The average molecular weight is 497 g/mol. The van der Waals surface area contributed by atoms with E-state index in [0.717, 1.165) is 18.4 Å². The van der Waals surface area contributed by atoms with Crippen LogP contribution in [0.1, 0.15) is 24.8 Å². The van der Waals surface area contributed by atoms with Crippen LogP contribution in [0.3, 0.4) is 0 Å². The van der Waals surface area contributed by atoms with E-state index in [2.05, 4.69) is 35.8 Å². The molecule has 0 aliphatic heterocycles. The van der Waals surface area contributed by atoms with Gasteiger partial charge in [-0.25, -0.2) is 0 Å². The fraction of sp³-hybridized carbons (Fsp3) is 0.308. The molecule has 31 heavy (non-hydrogen) atoms. The van der Waals surface area contributed by atoms with Gasteiger partial charge in [-0.2, -0.15) is 0 Å². The summed E-state index contributed by atoms with van der Waals surface area (Å²) >= 11 is -2.89. The number of ether oxygens (including phenoxy) is 1. The van der Waals surface area contributed by atoms with Crippen molar-refractivity contribution in [1.29, 1.82) is 0 Å². The first-order chi connectivity index (χ1) is 14.9. The molecule has 1 unspecified atom stereocenters. The molecule has 3 nitrogen and oxygen atoms in total. The SMILES string of the molecule is [CH3][Ge]([CH3])([c]1ccccc1)[CH](CCCCOCc1ccccc1)S(=O)(=O)c1ccccc1. The van der Waals surface area contributed by atoms with Crippen LogP contribution in [0, 0.1) is 0 Å². The summed E-state index contributed by atoms with van der Waals surface area (Å²) in [6, 6.07) is 29.3. The molecule has 1 atom stereocenters. The van der Waals surface area contributed by atoms with E-state index in [9.17, 15) is 8.42 Å². The molecule has 0 aliphatic carbocycles. The molecule has 0 amide bonds. The number of hydrogen-bond acceptors (Lipinski definition) is 3. The van der Waals surface area contributed by atoms with E-state index in [1.54, 1.807) is 12.1 Å². The third-order valence-electron chi connectivity index (χ3n) is 5.89. The first-order valence-corrected chi connectivity index (χ1v) is 18.9. The Balaban J connectivity index is 1.69. The van der Waals surface area contributed by atoms with Crippen molar-refractivity contribution in [2.75, 3.05) is 6.61 Å². The van der Waals surface area contributed by atoms with Gasteiger partial charge in [-0.05, 0) is 0 Å². The molecule has 0 N–H and O–H groups in total. The molecule has 0 aliphatic rings. The van der Waals surface area contributed by atoms with Crippen LogP contribution >= 0.6 is 0 Å². The predicted octanol–water partition coefficient (Wildman–Crippen LogP) is 5.37. The fourth-order valence-electron chi connectivity index (χ4n) is 4.03. The molecule has 3 aromatic carbocycles.